The fraction of sp³-hybridized carbons (Fsp3) is 1.00. The molecular weight excluding hydrogens is 127 g/mol. The Kier molecular flexibility index (Phi) is 7.87. The molecule has 0 spiro atoms. The van der Waals surface area contributed by atoms with Gasteiger partial charge in [0.2, 0.25) is 0 Å². The summed E-state index contributed by atoms with van der Waals surface area (Å²) in [5, 5.41) is 0. The Balaban J connectivity index is -0.000000245. The number of hydrogen-bond acceptors (Lipinski definition) is 2. The Bertz CT molecular complexity index is 67.2. The molecule has 0 aliphatic rings. The summed E-state index contributed by atoms with van der Waals surface area (Å²) in [5.74, 6) is 4.83. The molecular formula is C5H16N2NaO+. The van der Waals surface area contributed by atoms with E-state index < -0.39 is 0 Å². The average Bonchev–Trinajstić information content (AvgIpc) is 1.59. The third kappa shape index (κ3) is 12.2. The van der Waals surface area contributed by atoms with Crippen LogP contribution in [0.1, 0.15) is 1.43 Å². The maximum absolute atomic E-state index is 4.83. The number of likely N-dealkylation sites (N-methyl/N-ethyl adjacent to an activating group) is 1. The van der Waals surface area contributed by atoms with Crippen LogP contribution in [0.5, 0.6) is 0 Å². The van der Waals surface area contributed by atoms with Gasteiger partial charge in [-0.1, -0.05) is 0 Å². The molecule has 0 aliphatic heterocycles. The van der Waals surface area contributed by atoms with Crippen LogP contribution in [-0.4, -0.2) is 38.8 Å². The SMILES string of the molecule is C[N+](C)(C)CCON.[H-].[Na+]. The number of quaternary nitrogens is 1. The van der Waals surface area contributed by atoms with Gasteiger partial charge < -0.3 is 5.91 Å². The van der Waals surface area contributed by atoms with Crippen molar-refractivity contribution in [3.8, 4) is 0 Å². The van der Waals surface area contributed by atoms with Crippen molar-refractivity contribution >= 4 is 0 Å². The molecule has 0 rings (SSSR count). The first kappa shape index (κ1) is 12.5. The smallest absolute Gasteiger partial charge is 1.00 e. The maximum Gasteiger partial charge on any atom is 1.00 e. The van der Waals surface area contributed by atoms with E-state index in [4.69, 9.17) is 5.90 Å². The van der Waals surface area contributed by atoms with Crippen LogP contribution in [0, 0.1) is 0 Å². The molecule has 0 heterocycles. The molecule has 0 amide bonds. The van der Waals surface area contributed by atoms with Crippen molar-refractivity contribution in [3.63, 3.8) is 0 Å². The first-order chi connectivity index (χ1) is 3.56. The van der Waals surface area contributed by atoms with Gasteiger partial charge in [0.05, 0.1) is 21.1 Å². The third-order valence-corrected chi connectivity index (χ3v) is 0.880. The molecule has 0 aromatic carbocycles. The van der Waals surface area contributed by atoms with Crippen LogP contribution in [0.25, 0.3) is 0 Å². The van der Waals surface area contributed by atoms with Crippen LogP contribution >= 0.6 is 0 Å². The van der Waals surface area contributed by atoms with E-state index in [2.05, 4.69) is 26.0 Å². The molecule has 4 heteroatoms. The van der Waals surface area contributed by atoms with Crippen molar-refractivity contribution in [2.45, 2.75) is 0 Å². The summed E-state index contributed by atoms with van der Waals surface area (Å²) in [7, 11) is 6.29. The van der Waals surface area contributed by atoms with Gasteiger partial charge in [0.1, 0.15) is 13.2 Å². The van der Waals surface area contributed by atoms with Crippen molar-refractivity contribution < 1.29 is 40.3 Å². The van der Waals surface area contributed by atoms with Crippen LogP contribution in [0.2, 0.25) is 0 Å². The Labute approximate surface area is 80.5 Å². The number of rotatable bonds is 3. The third-order valence-electron chi connectivity index (χ3n) is 0.880. The van der Waals surface area contributed by atoms with Crippen molar-refractivity contribution in [2.75, 3.05) is 34.3 Å². The zero-order valence-electron chi connectivity index (χ0n) is 7.85. The normalized spacial score (nSPS) is 10.7. The summed E-state index contributed by atoms with van der Waals surface area (Å²) >= 11 is 0. The van der Waals surface area contributed by atoms with Gasteiger partial charge in [-0.25, -0.2) is 5.90 Å². The summed E-state index contributed by atoms with van der Waals surface area (Å²) in [6.07, 6.45) is 0. The van der Waals surface area contributed by atoms with E-state index in [1.807, 2.05) is 0 Å². The van der Waals surface area contributed by atoms with Gasteiger partial charge in [0.25, 0.3) is 0 Å². The first-order valence-corrected chi connectivity index (χ1v) is 2.68. The van der Waals surface area contributed by atoms with E-state index in [1.54, 1.807) is 0 Å². The molecule has 0 aromatic rings. The second kappa shape index (κ2) is 5.65. The van der Waals surface area contributed by atoms with Crippen LogP contribution in [-0.2, 0) is 4.84 Å². The van der Waals surface area contributed by atoms with Crippen molar-refractivity contribution in [2.24, 2.45) is 5.90 Å². The molecule has 0 aliphatic carbocycles. The van der Waals surface area contributed by atoms with Crippen molar-refractivity contribution in [3.05, 3.63) is 0 Å². The number of nitrogens with two attached hydrogens (primary N) is 1. The molecule has 2 N–H and O–H groups in total. The maximum atomic E-state index is 4.83. The number of hydrogen-bond donors (Lipinski definition) is 1. The summed E-state index contributed by atoms with van der Waals surface area (Å²) in [6.45, 7) is 1.58. The van der Waals surface area contributed by atoms with Crippen LogP contribution in [0.4, 0.5) is 0 Å². The van der Waals surface area contributed by atoms with Gasteiger partial charge in [-0.15, -0.1) is 0 Å². The Morgan fingerprint density at radius 3 is 2.00 bits per heavy atom. The van der Waals surface area contributed by atoms with Crippen LogP contribution in [0.3, 0.4) is 0 Å². The summed E-state index contributed by atoms with van der Waals surface area (Å²) in [4.78, 5) is 4.40. The molecule has 0 fully saturated rings. The Hall–Kier alpha value is 0.880. The summed E-state index contributed by atoms with van der Waals surface area (Å²) in [5.41, 5.74) is 0. The minimum atomic E-state index is 0. The quantitative estimate of drug-likeness (QED) is 0.255. The first-order valence-electron chi connectivity index (χ1n) is 2.68. The minimum absolute atomic E-state index is 0. The minimum Gasteiger partial charge on any atom is -1.00 e. The van der Waals surface area contributed by atoms with Gasteiger partial charge >= 0.3 is 29.6 Å². The van der Waals surface area contributed by atoms with Crippen LogP contribution < -0.4 is 35.5 Å². The second-order valence-corrected chi connectivity index (χ2v) is 2.88. The van der Waals surface area contributed by atoms with Gasteiger partial charge in [0.15, 0.2) is 0 Å². The molecule has 0 atom stereocenters. The summed E-state index contributed by atoms with van der Waals surface area (Å²) in [6, 6.07) is 0. The molecule has 0 aromatic heterocycles. The molecule has 0 bridgehead atoms. The molecule has 0 radical (unpaired) electrons. The van der Waals surface area contributed by atoms with E-state index in [9.17, 15) is 0 Å². The summed E-state index contributed by atoms with van der Waals surface area (Å²) < 4.78 is 0.900. The fourth-order valence-corrected chi connectivity index (χ4v) is 0.327. The standard InChI is InChI=1S/C5H15N2O.Na.H/c1-7(2,3)4-5-8-6;;/h4-6H2,1-3H3;;/q2*+1;-1. The molecule has 0 unspecified atom stereocenters. The van der Waals surface area contributed by atoms with Crippen molar-refractivity contribution in [1.82, 2.24) is 0 Å². The van der Waals surface area contributed by atoms with Gasteiger partial charge in [-0.2, -0.15) is 0 Å². The predicted molar refractivity (Wildman–Crippen MR) is 34.2 cm³/mol. The van der Waals surface area contributed by atoms with Gasteiger partial charge in [-0.3, -0.25) is 4.84 Å². The Morgan fingerprint density at radius 1 is 1.44 bits per heavy atom. The van der Waals surface area contributed by atoms with E-state index in [0.29, 0.717) is 6.61 Å². The molecule has 52 valence electrons. The van der Waals surface area contributed by atoms with Gasteiger partial charge in [-0.05, 0) is 0 Å². The van der Waals surface area contributed by atoms with Crippen molar-refractivity contribution in [1.29, 1.82) is 0 Å². The predicted octanol–water partition coefficient (Wildman–Crippen LogP) is -3.30. The van der Waals surface area contributed by atoms with Gasteiger partial charge in [0, 0.05) is 0 Å². The molecule has 9 heavy (non-hydrogen) atoms. The second-order valence-electron chi connectivity index (χ2n) is 2.88. The zero-order valence-corrected chi connectivity index (χ0v) is 8.85. The zero-order chi connectivity index (χ0) is 6.62. The van der Waals surface area contributed by atoms with E-state index in [-0.39, 0.29) is 31.0 Å². The monoisotopic (exact) mass is 143 g/mol. The van der Waals surface area contributed by atoms with Crippen LogP contribution in [0.15, 0.2) is 0 Å². The molecule has 0 saturated heterocycles. The Morgan fingerprint density at radius 2 is 1.89 bits per heavy atom. The average molecular weight is 143 g/mol. The topological polar surface area (TPSA) is 35.2 Å². The largest absolute Gasteiger partial charge is 1.00 e. The van der Waals surface area contributed by atoms with E-state index in [1.165, 1.54) is 0 Å². The molecule has 3 nitrogen and oxygen atoms in total. The fourth-order valence-electron chi connectivity index (χ4n) is 0.327. The van der Waals surface area contributed by atoms with E-state index >= 15 is 0 Å². The molecule has 0 saturated carbocycles. The van der Waals surface area contributed by atoms with E-state index in [0.717, 1.165) is 11.0 Å². The number of nitrogens with zero attached hydrogens (tertiary/aromatic N) is 1.